The van der Waals surface area contributed by atoms with Crippen LogP contribution in [0.4, 0.5) is 11.4 Å². The van der Waals surface area contributed by atoms with Gasteiger partial charge in [-0.1, -0.05) is 54.1 Å². The molecule has 0 radical (unpaired) electrons. The van der Waals surface area contributed by atoms with Gasteiger partial charge >= 0.3 is 0 Å². The summed E-state index contributed by atoms with van der Waals surface area (Å²) in [6.07, 6.45) is 0. The molecule has 0 saturated heterocycles. The van der Waals surface area contributed by atoms with Gasteiger partial charge in [0.25, 0.3) is 11.8 Å². The minimum Gasteiger partial charge on any atom is -0.489 e. The maximum absolute atomic E-state index is 12.6. The smallest absolute Gasteiger partial charge is 0.257 e. The van der Waals surface area contributed by atoms with Gasteiger partial charge in [-0.05, 0) is 78.4 Å². The second-order valence-corrected chi connectivity index (χ2v) is 8.60. The van der Waals surface area contributed by atoms with Gasteiger partial charge in [-0.15, -0.1) is 0 Å². The number of rotatable bonds is 7. The Kier molecular flexibility index (Phi) is 8.28. The van der Waals surface area contributed by atoms with E-state index in [2.05, 4.69) is 16.0 Å². The zero-order chi connectivity index (χ0) is 25.3. The highest BCUT2D eigenvalue weighted by Gasteiger charge is 2.10. The fourth-order valence-electron chi connectivity index (χ4n) is 3.29. The molecule has 0 aliphatic rings. The Balaban J connectivity index is 1.29. The van der Waals surface area contributed by atoms with Gasteiger partial charge in [-0.25, -0.2) is 0 Å². The minimum atomic E-state index is -0.354. The van der Waals surface area contributed by atoms with Gasteiger partial charge in [0.05, 0.1) is 0 Å². The molecule has 0 aromatic heterocycles. The van der Waals surface area contributed by atoms with Crippen molar-refractivity contribution in [2.75, 3.05) is 10.6 Å². The molecule has 0 bridgehead atoms. The maximum Gasteiger partial charge on any atom is 0.257 e. The number of anilines is 2. The van der Waals surface area contributed by atoms with Crippen molar-refractivity contribution in [3.05, 3.63) is 125 Å². The molecule has 0 saturated carbocycles. The van der Waals surface area contributed by atoms with E-state index in [0.29, 0.717) is 39.9 Å². The van der Waals surface area contributed by atoms with Crippen molar-refractivity contribution < 1.29 is 14.3 Å². The fraction of sp³-hybridized carbons (Fsp3) is 0.0357. The van der Waals surface area contributed by atoms with Crippen molar-refractivity contribution in [3.63, 3.8) is 0 Å². The van der Waals surface area contributed by atoms with Crippen molar-refractivity contribution in [1.29, 1.82) is 0 Å². The van der Waals surface area contributed by atoms with Gasteiger partial charge < -0.3 is 15.4 Å². The van der Waals surface area contributed by atoms with E-state index in [0.717, 1.165) is 5.56 Å². The van der Waals surface area contributed by atoms with Crippen LogP contribution in [0.2, 0.25) is 5.02 Å². The van der Waals surface area contributed by atoms with Gasteiger partial charge in [-0.2, -0.15) is 0 Å². The first kappa shape index (κ1) is 24.9. The molecule has 4 aromatic rings. The predicted molar refractivity (Wildman–Crippen MR) is 147 cm³/mol. The van der Waals surface area contributed by atoms with Crippen LogP contribution in [-0.2, 0) is 6.61 Å². The average Bonchev–Trinajstić information content (AvgIpc) is 2.88. The molecule has 0 unspecified atom stereocenters. The SMILES string of the molecule is O=C(NC(=S)Nc1cccc(NC(=O)c2cccc(Cl)c2)c1)c1ccc(OCc2ccccc2)cc1. The number of amides is 2. The van der Waals surface area contributed by atoms with E-state index in [9.17, 15) is 9.59 Å². The molecule has 0 spiro atoms. The van der Waals surface area contributed by atoms with E-state index in [-0.39, 0.29) is 16.9 Å². The standard InChI is InChI=1S/C28H22ClN3O3S/c29-22-9-4-8-21(16-22)27(34)30-23-10-5-11-24(17-23)31-28(36)32-26(33)20-12-14-25(15-13-20)35-18-19-6-2-1-3-7-19/h1-17H,18H2,(H,30,34)(H2,31,32,33,36). The van der Waals surface area contributed by atoms with E-state index in [4.69, 9.17) is 28.6 Å². The summed E-state index contributed by atoms with van der Waals surface area (Å²) in [4.78, 5) is 25.0. The molecule has 0 heterocycles. The highest BCUT2D eigenvalue weighted by Crippen LogP contribution is 2.18. The largest absolute Gasteiger partial charge is 0.489 e. The first-order valence-corrected chi connectivity index (χ1v) is 11.8. The topological polar surface area (TPSA) is 79.5 Å². The van der Waals surface area contributed by atoms with Gasteiger partial charge in [0.1, 0.15) is 12.4 Å². The number of thiocarbonyl (C=S) groups is 1. The van der Waals surface area contributed by atoms with Crippen molar-refractivity contribution in [3.8, 4) is 5.75 Å². The van der Waals surface area contributed by atoms with Gasteiger partial charge in [-0.3, -0.25) is 14.9 Å². The van der Waals surface area contributed by atoms with Gasteiger partial charge in [0, 0.05) is 27.5 Å². The highest BCUT2D eigenvalue weighted by atomic mass is 35.5. The quantitative estimate of drug-likeness (QED) is 0.252. The molecule has 3 N–H and O–H groups in total. The van der Waals surface area contributed by atoms with E-state index in [1.54, 1.807) is 72.8 Å². The number of benzene rings is 4. The summed E-state index contributed by atoms with van der Waals surface area (Å²) in [5.41, 5.74) is 3.11. The lowest BCUT2D eigenvalue weighted by Crippen LogP contribution is -2.34. The molecule has 4 rings (SSSR count). The lowest BCUT2D eigenvalue weighted by molar-refractivity contribution is 0.0976. The van der Waals surface area contributed by atoms with Crippen LogP contribution in [0, 0.1) is 0 Å². The monoisotopic (exact) mass is 515 g/mol. The Labute approximate surface area is 219 Å². The maximum atomic E-state index is 12.6. The van der Waals surface area contributed by atoms with E-state index < -0.39 is 0 Å². The Morgan fingerprint density at radius 1 is 0.722 bits per heavy atom. The normalized spacial score (nSPS) is 10.2. The molecule has 4 aromatic carbocycles. The van der Waals surface area contributed by atoms with Crippen LogP contribution >= 0.6 is 23.8 Å². The predicted octanol–water partition coefficient (Wildman–Crippen LogP) is 6.30. The van der Waals surface area contributed by atoms with Gasteiger partial charge in [0.2, 0.25) is 0 Å². The molecule has 0 fully saturated rings. The summed E-state index contributed by atoms with van der Waals surface area (Å²) in [7, 11) is 0. The summed E-state index contributed by atoms with van der Waals surface area (Å²) in [6, 6.07) is 30.3. The van der Waals surface area contributed by atoms with Crippen LogP contribution in [0.5, 0.6) is 5.75 Å². The number of halogens is 1. The third-order valence-electron chi connectivity index (χ3n) is 5.06. The molecule has 36 heavy (non-hydrogen) atoms. The summed E-state index contributed by atoms with van der Waals surface area (Å²) in [5, 5.41) is 9.03. The molecular formula is C28H22ClN3O3S. The number of nitrogens with one attached hydrogen (secondary N) is 3. The van der Waals surface area contributed by atoms with Crippen molar-refractivity contribution >= 4 is 52.1 Å². The summed E-state index contributed by atoms with van der Waals surface area (Å²) in [6.45, 7) is 0.443. The lowest BCUT2D eigenvalue weighted by Gasteiger charge is -2.12. The molecule has 0 aliphatic heterocycles. The molecule has 0 aliphatic carbocycles. The van der Waals surface area contributed by atoms with Crippen molar-refractivity contribution in [2.45, 2.75) is 6.61 Å². The summed E-state index contributed by atoms with van der Waals surface area (Å²) >= 11 is 11.2. The Hall–Kier alpha value is -4.20. The number of ether oxygens (including phenoxy) is 1. The first-order valence-electron chi connectivity index (χ1n) is 11.0. The highest BCUT2D eigenvalue weighted by molar-refractivity contribution is 7.80. The molecule has 6 nitrogen and oxygen atoms in total. The van der Waals surface area contributed by atoms with E-state index in [1.165, 1.54) is 0 Å². The van der Waals surface area contributed by atoms with Crippen LogP contribution in [0.3, 0.4) is 0 Å². The zero-order valence-corrected chi connectivity index (χ0v) is 20.6. The zero-order valence-electron chi connectivity index (χ0n) is 19.0. The second-order valence-electron chi connectivity index (χ2n) is 7.75. The molecule has 8 heteroatoms. The third kappa shape index (κ3) is 7.15. The average molecular weight is 516 g/mol. The van der Waals surface area contributed by atoms with Crippen molar-refractivity contribution in [2.24, 2.45) is 0 Å². The van der Waals surface area contributed by atoms with Crippen molar-refractivity contribution in [1.82, 2.24) is 5.32 Å². The molecular weight excluding hydrogens is 494 g/mol. The van der Waals surface area contributed by atoms with Gasteiger partial charge in [0.15, 0.2) is 5.11 Å². The summed E-state index contributed by atoms with van der Waals surface area (Å²) < 4.78 is 5.75. The van der Waals surface area contributed by atoms with Crippen LogP contribution < -0.4 is 20.7 Å². The molecule has 2 amide bonds. The number of hydrogen-bond acceptors (Lipinski definition) is 4. The Morgan fingerprint density at radius 2 is 1.42 bits per heavy atom. The molecule has 0 atom stereocenters. The van der Waals surface area contributed by atoms with E-state index >= 15 is 0 Å². The third-order valence-corrected chi connectivity index (χ3v) is 5.50. The Bertz CT molecular complexity index is 1380. The molecule has 180 valence electrons. The second kappa shape index (κ2) is 12.0. The van der Waals surface area contributed by atoms with E-state index in [1.807, 2.05) is 30.3 Å². The number of carbonyl (C=O) groups is 2. The number of hydrogen-bond donors (Lipinski definition) is 3. The Morgan fingerprint density at radius 3 is 2.14 bits per heavy atom. The first-order chi connectivity index (χ1) is 17.5. The fourth-order valence-corrected chi connectivity index (χ4v) is 3.69. The minimum absolute atomic E-state index is 0.128. The lowest BCUT2D eigenvalue weighted by atomic mass is 10.2. The van der Waals surface area contributed by atoms with Crippen LogP contribution in [0.25, 0.3) is 0 Å². The van der Waals surface area contributed by atoms with Crippen LogP contribution in [0.15, 0.2) is 103 Å². The van der Waals surface area contributed by atoms with Crippen LogP contribution in [0.1, 0.15) is 26.3 Å². The summed E-state index contributed by atoms with van der Waals surface area (Å²) in [5.74, 6) is 0.0157. The number of carbonyl (C=O) groups excluding carboxylic acids is 2. The van der Waals surface area contributed by atoms with Crippen LogP contribution in [-0.4, -0.2) is 16.9 Å².